The molecule has 2 nitrogen and oxygen atoms in total. The molecule has 0 aliphatic carbocycles. The van der Waals surface area contributed by atoms with Gasteiger partial charge < -0.3 is 5.11 Å². The van der Waals surface area contributed by atoms with E-state index in [1.165, 1.54) is 0 Å². The first-order valence-corrected chi connectivity index (χ1v) is 5.64. The second kappa shape index (κ2) is 4.77. The summed E-state index contributed by atoms with van der Waals surface area (Å²) in [6.45, 7) is 0. The minimum absolute atomic E-state index is 0.304. The normalized spacial score (nSPS) is 10.0. The Bertz CT molecular complexity index is 323. The lowest BCUT2D eigenvalue weighted by Gasteiger charge is -2.02. The standard InChI is InChI=1S/C9H8Br2O2/c10-4-3-6-1-2-7(9(12)13)8(11)5-6/h1-2,5H,3-4H2,(H,12,13). The average molecular weight is 308 g/mol. The number of alkyl halides is 1. The van der Waals surface area contributed by atoms with Gasteiger partial charge in [0, 0.05) is 9.80 Å². The largest absolute Gasteiger partial charge is 0.478 e. The predicted molar refractivity (Wildman–Crippen MR) is 58.6 cm³/mol. The molecule has 70 valence electrons. The van der Waals surface area contributed by atoms with E-state index in [9.17, 15) is 4.79 Å². The highest BCUT2D eigenvalue weighted by Crippen LogP contribution is 2.19. The molecule has 0 aliphatic rings. The van der Waals surface area contributed by atoms with Crippen molar-refractivity contribution >= 4 is 37.8 Å². The summed E-state index contributed by atoms with van der Waals surface area (Å²) in [5, 5.41) is 9.63. The monoisotopic (exact) mass is 306 g/mol. The lowest BCUT2D eigenvalue weighted by Crippen LogP contribution is -1.98. The number of carboxylic acids is 1. The van der Waals surface area contributed by atoms with Gasteiger partial charge in [-0.3, -0.25) is 0 Å². The maximum absolute atomic E-state index is 10.7. The summed E-state index contributed by atoms with van der Waals surface area (Å²) in [4.78, 5) is 10.7. The number of benzene rings is 1. The molecule has 0 radical (unpaired) electrons. The molecule has 0 unspecified atom stereocenters. The van der Waals surface area contributed by atoms with Crippen molar-refractivity contribution < 1.29 is 9.90 Å². The number of aryl methyl sites for hydroxylation is 1. The van der Waals surface area contributed by atoms with Gasteiger partial charge in [-0.25, -0.2) is 4.79 Å². The minimum Gasteiger partial charge on any atom is -0.478 e. The molecular weight excluding hydrogens is 300 g/mol. The molecule has 13 heavy (non-hydrogen) atoms. The van der Waals surface area contributed by atoms with Crippen LogP contribution in [0, 0.1) is 0 Å². The van der Waals surface area contributed by atoms with E-state index in [2.05, 4.69) is 31.9 Å². The topological polar surface area (TPSA) is 37.3 Å². The van der Waals surface area contributed by atoms with Gasteiger partial charge in [0.15, 0.2) is 0 Å². The summed E-state index contributed by atoms with van der Waals surface area (Å²) in [6, 6.07) is 5.28. The number of hydrogen-bond donors (Lipinski definition) is 1. The molecule has 1 aromatic rings. The van der Waals surface area contributed by atoms with Crippen LogP contribution in [0.5, 0.6) is 0 Å². The highest BCUT2D eigenvalue weighted by Gasteiger charge is 2.07. The molecule has 0 spiro atoms. The molecule has 0 heterocycles. The van der Waals surface area contributed by atoms with Gasteiger partial charge in [-0.2, -0.15) is 0 Å². The smallest absolute Gasteiger partial charge is 0.336 e. The van der Waals surface area contributed by atoms with Crippen molar-refractivity contribution in [2.75, 3.05) is 5.33 Å². The van der Waals surface area contributed by atoms with Crippen LogP contribution in [0.4, 0.5) is 0 Å². The Balaban J connectivity index is 2.98. The van der Waals surface area contributed by atoms with E-state index in [4.69, 9.17) is 5.11 Å². The zero-order valence-corrected chi connectivity index (χ0v) is 9.93. The number of hydrogen-bond acceptors (Lipinski definition) is 1. The Morgan fingerprint density at radius 3 is 2.62 bits per heavy atom. The van der Waals surface area contributed by atoms with Gasteiger partial charge in [0.2, 0.25) is 0 Å². The van der Waals surface area contributed by atoms with E-state index in [1.807, 2.05) is 12.1 Å². The fourth-order valence-corrected chi connectivity index (χ4v) is 2.05. The summed E-state index contributed by atoms with van der Waals surface area (Å²) < 4.78 is 0.637. The van der Waals surface area contributed by atoms with E-state index in [0.29, 0.717) is 10.0 Å². The van der Waals surface area contributed by atoms with Gasteiger partial charge in [-0.1, -0.05) is 22.0 Å². The highest BCUT2D eigenvalue weighted by atomic mass is 79.9. The Morgan fingerprint density at radius 1 is 1.46 bits per heavy atom. The number of carbonyl (C=O) groups is 1. The SMILES string of the molecule is O=C(O)c1ccc(CCBr)cc1Br. The Hall–Kier alpha value is -0.350. The van der Waals surface area contributed by atoms with E-state index in [-0.39, 0.29) is 0 Å². The fraction of sp³-hybridized carbons (Fsp3) is 0.222. The van der Waals surface area contributed by atoms with Crippen molar-refractivity contribution in [2.45, 2.75) is 6.42 Å². The van der Waals surface area contributed by atoms with Crippen molar-refractivity contribution in [3.8, 4) is 0 Å². The molecule has 0 saturated heterocycles. The van der Waals surface area contributed by atoms with E-state index < -0.39 is 5.97 Å². The van der Waals surface area contributed by atoms with Crippen LogP contribution in [0.1, 0.15) is 15.9 Å². The van der Waals surface area contributed by atoms with Crippen molar-refractivity contribution in [1.29, 1.82) is 0 Å². The second-order valence-corrected chi connectivity index (χ2v) is 4.21. The molecule has 1 N–H and O–H groups in total. The third kappa shape index (κ3) is 2.81. The summed E-state index contributed by atoms with van der Waals surface area (Å²) in [5.41, 5.74) is 1.42. The third-order valence-corrected chi connectivity index (χ3v) is 2.70. The first kappa shape index (κ1) is 10.7. The quantitative estimate of drug-likeness (QED) is 0.871. The van der Waals surface area contributed by atoms with Gasteiger partial charge in [0.1, 0.15) is 0 Å². The van der Waals surface area contributed by atoms with Crippen molar-refractivity contribution in [1.82, 2.24) is 0 Å². The number of halogens is 2. The van der Waals surface area contributed by atoms with Gasteiger partial charge >= 0.3 is 5.97 Å². The summed E-state index contributed by atoms with van der Waals surface area (Å²) >= 11 is 6.55. The van der Waals surface area contributed by atoms with Crippen LogP contribution in [0.25, 0.3) is 0 Å². The molecule has 1 aromatic carbocycles. The maximum atomic E-state index is 10.7. The van der Waals surface area contributed by atoms with Crippen LogP contribution in [-0.4, -0.2) is 16.4 Å². The van der Waals surface area contributed by atoms with E-state index in [0.717, 1.165) is 17.3 Å². The zero-order valence-electron chi connectivity index (χ0n) is 6.76. The Kier molecular flexibility index (Phi) is 3.93. The Labute approximate surface area is 93.2 Å². The molecule has 4 heteroatoms. The zero-order chi connectivity index (χ0) is 9.84. The van der Waals surface area contributed by atoms with E-state index in [1.54, 1.807) is 6.07 Å². The van der Waals surface area contributed by atoms with Crippen LogP contribution >= 0.6 is 31.9 Å². The van der Waals surface area contributed by atoms with E-state index >= 15 is 0 Å². The molecule has 0 aliphatic heterocycles. The lowest BCUT2D eigenvalue weighted by atomic mass is 10.1. The molecule has 0 fully saturated rings. The average Bonchev–Trinajstić information content (AvgIpc) is 2.04. The molecule has 0 atom stereocenters. The van der Waals surface area contributed by atoms with Crippen molar-refractivity contribution in [2.24, 2.45) is 0 Å². The molecule has 0 aromatic heterocycles. The van der Waals surface area contributed by atoms with Crippen molar-refractivity contribution in [3.05, 3.63) is 33.8 Å². The van der Waals surface area contributed by atoms with Crippen LogP contribution in [0.15, 0.2) is 22.7 Å². The van der Waals surface area contributed by atoms with Gasteiger partial charge in [0.05, 0.1) is 5.56 Å². The maximum Gasteiger partial charge on any atom is 0.336 e. The molecular formula is C9H8Br2O2. The molecule has 0 amide bonds. The minimum atomic E-state index is -0.905. The number of aromatic carboxylic acids is 1. The number of carboxylic acid groups (broad SMARTS) is 1. The fourth-order valence-electron chi connectivity index (χ4n) is 0.997. The molecule has 0 bridgehead atoms. The summed E-state index contributed by atoms with van der Waals surface area (Å²) in [7, 11) is 0. The number of rotatable bonds is 3. The highest BCUT2D eigenvalue weighted by molar-refractivity contribution is 9.10. The first-order chi connectivity index (χ1) is 6.15. The Morgan fingerprint density at radius 2 is 2.15 bits per heavy atom. The summed E-state index contributed by atoms with van der Waals surface area (Å²) in [6.07, 6.45) is 0.901. The van der Waals surface area contributed by atoms with Crippen molar-refractivity contribution in [3.63, 3.8) is 0 Å². The second-order valence-electron chi connectivity index (χ2n) is 2.56. The first-order valence-electron chi connectivity index (χ1n) is 3.73. The van der Waals surface area contributed by atoms with Crippen LogP contribution in [0.2, 0.25) is 0 Å². The van der Waals surface area contributed by atoms with Crippen LogP contribution < -0.4 is 0 Å². The van der Waals surface area contributed by atoms with Gasteiger partial charge in [-0.15, -0.1) is 0 Å². The molecule has 1 rings (SSSR count). The molecule has 0 saturated carbocycles. The lowest BCUT2D eigenvalue weighted by molar-refractivity contribution is 0.0696. The van der Waals surface area contributed by atoms with Gasteiger partial charge in [-0.05, 0) is 40.0 Å². The van der Waals surface area contributed by atoms with Crippen LogP contribution in [-0.2, 0) is 6.42 Å². The van der Waals surface area contributed by atoms with Crippen LogP contribution in [0.3, 0.4) is 0 Å². The van der Waals surface area contributed by atoms with Gasteiger partial charge in [0.25, 0.3) is 0 Å². The third-order valence-electron chi connectivity index (χ3n) is 1.65. The summed E-state index contributed by atoms with van der Waals surface area (Å²) in [5.74, 6) is -0.905. The predicted octanol–water partition coefficient (Wildman–Crippen LogP) is 3.08.